The zero-order valence-corrected chi connectivity index (χ0v) is 19.3. The van der Waals surface area contributed by atoms with Crippen LogP contribution in [0.4, 0.5) is 5.82 Å². The molecular weight excluding hydrogens is 407 g/mol. The molecule has 0 bridgehead atoms. The summed E-state index contributed by atoms with van der Waals surface area (Å²) in [6.07, 6.45) is 14.9. The second-order valence-electron chi connectivity index (χ2n) is 9.58. The quantitative estimate of drug-likeness (QED) is 0.456. The Hall–Kier alpha value is -3.27. The maximum absolute atomic E-state index is 9.27. The van der Waals surface area contributed by atoms with Crippen molar-refractivity contribution >= 4 is 29.8 Å². The Kier molecular flexibility index (Phi) is 6.08. The molecule has 1 saturated heterocycles. The number of hydrogen-bond acceptors (Lipinski definition) is 5. The molecule has 2 aromatic heterocycles. The molecular formula is C26H31BN6. The van der Waals surface area contributed by atoms with E-state index in [1.54, 1.807) is 0 Å². The molecule has 2 aromatic rings. The lowest BCUT2D eigenvalue weighted by molar-refractivity contribution is 0.673. The third-order valence-corrected chi connectivity index (χ3v) is 7.16. The first-order valence-electron chi connectivity index (χ1n) is 12.2. The Balaban J connectivity index is 1.35. The van der Waals surface area contributed by atoms with E-state index < -0.39 is 0 Å². The molecule has 3 N–H and O–H groups in total. The van der Waals surface area contributed by atoms with Crippen molar-refractivity contribution in [3.8, 4) is 5.97 Å². The van der Waals surface area contributed by atoms with Crippen LogP contribution in [0.25, 0.3) is 11.0 Å². The molecule has 168 valence electrons. The Morgan fingerprint density at radius 1 is 1.24 bits per heavy atom. The zero-order chi connectivity index (χ0) is 22.8. The molecule has 2 atom stereocenters. The van der Waals surface area contributed by atoms with Crippen molar-refractivity contribution in [1.29, 1.82) is 5.26 Å². The molecule has 5 rings (SSSR count). The molecule has 1 fully saturated rings. The Morgan fingerprint density at radius 3 is 2.97 bits per heavy atom. The molecule has 0 aromatic carbocycles. The number of fused-ring (bicyclic) bond motifs is 3. The number of aromatic amines is 1. The van der Waals surface area contributed by atoms with Gasteiger partial charge in [-0.25, -0.2) is 10.2 Å². The number of nitrogens with zero attached hydrogens (tertiary/aromatic N) is 3. The van der Waals surface area contributed by atoms with Crippen LogP contribution in [0.5, 0.6) is 0 Å². The van der Waals surface area contributed by atoms with E-state index in [0.29, 0.717) is 5.92 Å². The van der Waals surface area contributed by atoms with E-state index in [1.165, 1.54) is 35.9 Å². The molecule has 1 aliphatic carbocycles. The van der Waals surface area contributed by atoms with Gasteiger partial charge in [-0.05, 0) is 67.9 Å². The molecule has 0 radical (unpaired) electrons. The van der Waals surface area contributed by atoms with Crippen molar-refractivity contribution in [3.63, 3.8) is 0 Å². The molecule has 3 aliphatic rings. The molecule has 33 heavy (non-hydrogen) atoms. The lowest BCUT2D eigenvalue weighted by Crippen LogP contribution is -2.21. The van der Waals surface area contributed by atoms with Gasteiger partial charge in [-0.2, -0.15) is 0 Å². The van der Waals surface area contributed by atoms with Gasteiger partial charge in [-0.3, -0.25) is 4.99 Å². The van der Waals surface area contributed by atoms with Crippen LogP contribution in [0.3, 0.4) is 0 Å². The first-order chi connectivity index (χ1) is 16.1. The number of pyridine rings is 1. The lowest BCUT2D eigenvalue weighted by atomic mass is 9.49. The number of H-pyrrole nitrogens is 1. The number of anilines is 1. The van der Waals surface area contributed by atoms with Crippen molar-refractivity contribution in [1.82, 2.24) is 15.3 Å². The van der Waals surface area contributed by atoms with E-state index in [9.17, 15) is 5.26 Å². The summed E-state index contributed by atoms with van der Waals surface area (Å²) >= 11 is 0. The molecule has 4 heterocycles. The maximum Gasteiger partial charge on any atom is 0.268 e. The Labute approximate surface area is 196 Å². The first kappa shape index (κ1) is 21.6. The van der Waals surface area contributed by atoms with Gasteiger partial charge in [-0.1, -0.05) is 32.1 Å². The monoisotopic (exact) mass is 438 g/mol. The summed E-state index contributed by atoms with van der Waals surface area (Å²) in [4.78, 5) is 13.1. The smallest absolute Gasteiger partial charge is 0.268 e. The van der Waals surface area contributed by atoms with Gasteiger partial charge in [0.1, 0.15) is 11.5 Å². The largest absolute Gasteiger partial charge is 0.385 e. The normalized spacial score (nSPS) is 26.5. The number of aliphatic imine (C=N–C) groups is 1. The van der Waals surface area contributed by atoms with Crippen LogP contribution < -0.4 is 10.6 Å². The highest BCUT2D eigenvalue weighted by atomic mass is 15.0. The summed E-state index contributed by atoms with van der Waals surface area (Å²) in [5, 5.41) is 17.4. The number of rotatable bonds is 3. The first-order valence-corrected chi connectivity index (χ1v) is 12.2. The third-order valence-electron chi connectivity index (χ3n) is 7.16. The van der Waals surface area contributed by atoms with Gasteiger partial charge in [0, 0.05) is 29.3 Å². The van der Waals surface area contributed by atoms with Crippen LogP contribution >= 0.6 is 0 Å². The molecule has 0 saturated carbocycles. The van der Waals surface area contributed by atoms with Crippen molar-refractivity contribution in [2.24, 2.45) is 10.9 Å². The van der Waals surface area contributed by atoms with Crippen LogP contribution in [0.15, 0.2) is 52.9 Å². The highest BCUT2D eigenvalue weighted by Gasteiger charge is 2.31. The predicted molar refractivity (Wildman–Crippen MR) is 136 cm³/mol. The van der Waals surface area contributed by atoms with Crippen LogP contribution in [-0.4, -0.2) is 28.9 Å². The van der Waals surface area contributed by atoms with Crippen LogP contribution in [0.1, 0.15) is 43.9 Å². The summed E-state index contributed by atoms with van der Waals surface area (Å²) in [7, 11) is 0. The fourth-order valence-electron chi connectivity index (χ4n) is 5.37. The third kappa shape index (κ3) is 4.61. The van der Waals surface area contributed by atoms with E-state index >= 15 is 0 Å². The molecule has 2 aliphatic heterocycles. The Morgan fingerprint density at radius 2 is 2.12 bits per heavy atom. The minimum Gasteiger partial charge on any atom is -0.385 e. The number of nitrogens with one attached hydrogen (secondary N) is 3. The van der Waals surface area contributed by atoms with Gasteiger partial charge in [0.2, 0.25) is 0 Å². The molecule has 0 spiro atoms. The van der Waals surface area contributed by atoms with Crippen molar-refractivity contribution in [2.45, 2.75) is 64.1 Å². The second-order valence-corrected chi connectivity index (χ2v) is 9.58. The van der Waals surface area contributed by atoms with E-state index in [2.05, 4.69) is 58.3 Å². The van der Waals surface area contributed by atoms with Crippen molar-refractivity contribution in [2.75, 3.05) is 5.32 Å². The predicted octanol–water partition coefficient (Wildman–Crippen LogP) is 5.17. The number of allylic oxidation sites excluding steroid dienone is 2. The van der Waals surface area contributed by atoms with Gasteiger partial charge in [0.25, 0.3) is 6.71 Å². The number of hydrogen-bond donors (Lipinski definition) is 3. The Bertz CT molecular complexity index is 1200. The van der Waals surface area contributed by atoms with Gasteiger partial charge < -0.3 is 15.6 Å². The van der Waals surface area contributed by atoms with Crippen LogP contribution in [-0.2, 0) is 12.8 Å². The van der Waals surface area contributed by atoms with Crippen LogP contribution in [0, 0.1) is 17.1 Å². The van der Waals surface area contributed by atoms with E-state index in [4.69, 9.17) is 4.98 Å². The summed E-state index contributed by atoms with van der Waals surface area (Å²) in [6.45, 7) is 6.47. The zero-order valence-electron chi connectivity index (χ0n) is 19.3. The van der Waals surface area contributed by atoms with Crippen molar-refractivity contribution in [3.05, 3.63) is 59.2 Å². The fourth-order valence-corrected chi connectivity index (χ4v) is 5.37. The SMILES string of the molecule is C=C1N=C/C(Nc2ccc3c4c([nH]c3n2)CCCCC4)=C\C(C)N/C=C\1C1CCB(C#N)C1. The van der Waals surface area contributed by atoms with Crippen LogP contribution in [0.2, 0.25) is 12.6 Å². The van der Waals surface area contributed by atoms with Gasteiger partial charge in [0.15, 0.2) is 0 Å². The molecule has 6 nitrogen and oxygen atoms in total. The average Bonchev–Trinajstić information content (AvgIpc) is 3.35. The lowest BCUT2D eigenvalue weighted by Gasteiger charge is -2.16. The minimum atomic E-state index is 0.110. The standard InChI is InChI=1S/C26H31BN6/c1-17-12-20(14-30-18(2)23(15-29-17)19-10-11-27(13-19)16-28)31-25-9-8-22-21-6-4-3-5-7-24(21)32-26(22)33-25/h8-9,12,14-15,17,19,29H,2-7,10-11,13H2,1H3,(H2,31,32,33)/b20-12+,23-15+,30-14?. The topological polar surface area (TPSA) is 88.9 Å². The van der Waals surface area contributed by atoms with E-state index in [0.717, 1.165) is 60.3 Å². The molecule has 2 unspecified atom stereocenters. The van der Waals surface area contributed by atoms with Gasteiger partial charge in [0.05, 0.1) is 17.6 Å². The highest BCUT2D eigenvalue weighted by molar-refractivity contribution is 6.67. The average molecular weight is 438 g/mol. The fraction of sp³-hybridized carbons (Fsp3) is 0.423. The van der Waals surface area contributed by atoms with Gasteiger partial charge in [-0.15, -0.1) is 0 Å². The van der Waals surface area contributed by atoms with Gasteiger partial charge >= 0.3 is 0 Å². The molecule has 7 heteroatoms. The van der Waals surface area contributed by atoms with E-state index in [-0.39, 0.29) is 12.8 Å². The highest BCUT2D eigenvalue weighted by Crippen LogP contribution is 2.35. The second kappa shape index (κ2) is 9.31. The maximum atomic E-state index is 9.27. The summed E-state index contributed by atoms with van der Waals surface area (Å²) < 4.78 is 0. The molecule has 0 amide bonds. The van der Waals surface area contributed by atoms with E-state index in [1.807, 2.05) is 12.4 Å². The number of aromatic nitrogens is 2. The summed E-state index contributed by atoms with van der Waals surface area (Å²) in [5.74, 6) is 3.55. The number of aryl methyl sites for hydroxylation is 2. The van der Waals surface area contributed by atoms with Crippen molar-refractivity contribution < 1.29 is 0 Å². The minimum absolute atomic E-state index is 0.110. The summed E-state index contributed by atoms with van der Waals surface area (Å²) in [6, 6.07) is 4.35. The summed E-state index contributed by atoms with van der Waals surface area (Å²) in [5.41, 5.74) is 6.51. The number of nitriles is 1.